The number of aryl methyl sites for hydroxylation is 1. The molecule has 0 aliphatic carbocycles. The number of ether oxygens (including phenoxy) is 1. The highest BCUT2D eigenvalue weighted by Crippen LogP contribution is 2.33. The number of benzene rings is 2. The first-order valence-electron chi connectivity index (χ1n) is 8.74. The van der Waals surface area contributed by atoms with Gasteiger partial charge in [-0.3, -0.25) is 9.59 Å². The summed E-state index contributed by atoms with van der Waals surface area (Å²) in [6.45, 7) is 6.35. The van der Waals surface area contributed by atoms with E-state index in [1.165, 1.54) is 0 Å². The summed E-state index contributed by atoms with van der Waals surface area (Å²) in [4.78, 5) is 26.6. The smallest absolute Gasteiger partial charge is 0.316 e. The predicted molar refractivity (Wildman–Crippen MR) is 103 cm³/mol. The number of para-hydroxylation sites is 1. The summed E-state index contributed by atoms with van der Waals surface area (Å²) in [7, 11) is 0. The molecule has 5 heteroatoms. The second-order valence-corrected chi connectivity index (χ2v) is 7.38. The van der Waals surface area contributed by atoms with Crippen LogP contribution in [0.4, 0.5) is 5.69 Å². The van der Waals surface area contributed by atoms with Gasteiger partial charge >= 0.3 is 5.97 Å². The standard InChI is InChI=1S/C21H22ClNO3/c1-13(2)16-9-8-14(3)10-19(16)26-21(25)15-11-20(24)23(12-15)18-7-5-4-6-17(18)22/h4-10,13,15H,11-12H2,1-3H3/t15-/m1/s1. The van der Waals surface area contributed by atoms with Gasteiger partial charge in [0.2, 0.25) is 5.91 Å². The Morgan fingerprint density at radius 1 is 1.23 bits per heavy atom. The fourth-order valence-electron chi connectivity index (χ4n) is 3.17. The predicted octanol–water partition coefficient (Wildman–Crippen LogP) is 4.73. The van der Waals surface area contributed by atoms with E-state index < -0.39 is 5.92 Å². The Morgan fingerprint density at radius 2 is 1.96 bits per heavy atom. The molecule has 2 aromatic rings. The molecular weight excluding hydrogens is 350 g/mol. The van der Waals surface area contributed by atoms with Crippen LogP contribution in [0.1, 0.15) is 37.3 Å². The molecule has 1 aliphatic heterocycles. The van der Waals surface area contributed by atoms with Crippen molar-refractivity contribution < 1.29 is 14.3 Å². The zero-order chi connectivity index (χ0) is 18.8. The van der Waals surface area contributed by atoms with Crippen molar-refractivity contribution in [2.24, 2.45) is 5.92 Å². The molecule has 1 saturated heterocycles. The Morgan fingerprint density at radius 3 is 2.65 bits per heavy atom. The zero-order valence-corrected chi connectivity index (χ0v) is 15.9. The first-order chi connectivity index (χ1) is 12.4. The molecule has 1 heterocycles. The SMILES string of the molecule is Cc1ccc(C(C)C)c(OC(=O)[C@@H]2CC(=O)N(c3ccccc3Cl)C2)c1. The minimum absolute atomic E-state index is 0.117. The molecule has 136 valence electrons. The minimum Gasteiger partial charge on any atom is -0.426 e. The van der Waals surface area contributed by atoms with Crippen LogP contribution < -0.4 is 9.64 Å². The summed E-state index contributed by atoms with van der Waals surface area (Å²) in [6.07, 6.45) is 0.132. The van der Waals surface area contributed by atoms with Gasteiger partial charge in [0.15, 0.2) is 0 Å². The summed E-state index contributed by atoms with van der Waals surface area (Å²) in [5.41, 5.74) is 2.64. The number of carbonyl (C=O) groups is 2. The normalized spacial score (nSPS) is 17.0. The van der Waals surface area contributed by atoms with Gasteiger partial charge in [-0.2, -0.15) is 0 Å². The van der Waals surface area contributed by atoms with Gasteiger partial charge in [0.25, 0.3) is 0 Å². The van der Waals surface area contributed by atoms with Crippen LogP contribution in [0.15, 0.2) is 42.5 Å². The average Bonchev–Trinajstić information content (AvgIpc) is 2.97. The van der Waals surface area contributed by atoms with E-state index in [2.05, 4.69) is 13.8 Å². The number of halogens is 1. The number of anilines is 1. The van der Waals surface area contributed by atoms with Crippen LogP contribution in [-0.4, -0.2) is 18.4 Å². The number of amides is 1. The fraction of sp³-hybridized carbons (Fsp3) is 0.333. The second-order valence-electron chi connectivity index (χ2n) is 6.97. The lowest BCUT2D eigenvalue weighted by Gasteiger charge is -2.18. The molecule has 2 aromatic carbocycles. The molecule has 0 N–H and O–H groups in total. The van der Waals surface area contributed by atoms with E-state index in [4.69, 9.17) is 16.3 Å². The molecule has 1 atom stereocenters. The molecular formula is C21H22ClNO3. The van der Waals surface area contributed by atoms with Crippen LogP contribution in [0.25, 0.3) is 0 Å². The summed E-state index contributed by atoms with van der Waals surface area (Å²) in [5.74, 6) is -0.176. The van der Waals surface area contributed by atoms with Gasteiger partial charge in [0.05, 0.1) is 16.6 Å². The van der Waals surface area contributed by atoms with Gasteiger partial charge in [-0.25, -0.2) is 0 Å². The Labute approximate surface area is 158 Å². The maximum atomic E-state index is 12.7. The third-order valence-electron chi connectivity index (χ3n) is 4.60. The van der Waals surface area contributed by atoms with Crippen LogP contribution in [0.5, 0.6) is 5.75 Å². The van der Waals surface area contributed by atoms with E-state index in [9.17, 15) is 9.59 Å². The monoisotopic (exact) mass is 371 g/mol. The number of rotatable bonds is 4. The minimum atomic E-state index is -0.501. The summed E-state index contributed by atoms with van der Waals surface area (Å²) in [6, 6.07) is 13.0. The Kier molecular flexibility index (Phi) is 5.33. The maximum Gasteiger partial charge on any atom is 0.316 e. The lowest BCUT2D eigenvalue weighted by atomic mass is 10.0. The molecule has 0 aromatic heterocycles. The van der Waals surface area contributed by atoms with Gasteiger partial charge in [-0.05, 0) is 42.2 Å². The van der Waals surface area contributed by atoms with Gasteiger partial charge in [0.1, 0.15) is 5.75 Å². The van der Waals surface area contributed by atoms with E-state index >= 15 is 0 Å². The molecule has 0 bridgehead atoms. The molecule has 1 amide bonds. The molecule has 4 nitrogen and oxygen atoms in total. The molecule has 0 spiro atoms. The van der Waals surface area contributed by atoms with Crippen molar-refractivity contribution in [3.63, 3.8) is 0 Å². The van der Waals surface area contributed by atoms with Crippen molar-refractivity contribution in [1.29, 1.82) is 0 Å². The second kappa shape index (κ2) is 7.50. The van der Waals surface area contributed by atoms with E-state index in [0.29, 0.717) is 16.5 Å². The molecule has 0 saturated carbocycles. The summed E-state index contributed by atoms with van der Waals surface area (Å²) < 4.78 is 5.68. The van der Waals surface area contributed by atoms with E-state index in [1.807, 2.05) is 37.3 Å². The Bertz CT molecular complexity index is 847. The molecule has 0 unspecified atom stereocenters. The zero-order valence-electron chi connectivity index (χ0n) is 15.2. The molecule has 0 radical (unpaired) electrons. The molecule has 3 rings (SSSR count). The van der Waals surface area contributed by atoms with E-state index in [-0.39, 0.29) is 30.8 Å². The van der Waals surface area contributed by atoms with Crippen LogP contribution in [0.3, 0.4) is 0 Å². The largest absolute Gasteiger partial charge is 0.426 e. The quantitative estimate of drug-likeness (QED) is 0.576. The number of carbonyl (C=O) groups excluding carboxylic acids is 2. The third kappa shape index (κ3) is 3.75. The van der Waals surface area contributed by atoms with Crippen LogP contribution >= 0.6 is 11.6 Å². The Hall–Kier alpha value is -2.33. The van der Waals surface area contributed by atoms with Gasteiger partial charge in [-0.15, -0.1) is 0 Å². The van der Waals surface area contributed by atoms with Crippen molar-refractivity contribution in [3.05, 3.63) is 58.6 Å². The van der Waals surface area contributed by atoms with Crippen LogP contribution in [0.2, 0.25) is 5.02 Å². The summed E-state index contributed by atoms with van der Waals surface area (Å²) >= 11 is 6.19. The highest BCUT2D eigenvalue weighted by atomic mass is 35.5. The molecule has 1 aliphatic rings. The molecule has 1 fully saturated rings. The van der Waals surface area contributed by atoms with Crippen molar-refractivity contribution >= 4 is 29.2 Å². The van der Waals surface area contributed by atoms with E-state index in [0.717, 1.165) is 11.1 Å². The summed E-state index contributed by atoms with van der Waals surface area (Å²) in [5, 5.41) is 0.496. The first kappa shape index (κ1) is 18.5. The molecule has 26 heavy (non-hydrogen) atoms. The highest BCUT2D eigenvalue weighted by Gasteiger charge is 2.37. The van der Waals surface area contributed by atoms with Gasteiger partial charge < -0.3 is 9.64 Å². The van der Waals surface area contributed by atoms with Gasteiger partial charge in [-0.1, -0.05) is 49.7 Å². The van der Waals surface area contributed by atoms with Gasteiger partial charge in [0, 0.05) is 13.0 Å². The van der Waals surface area contributed by atoms with Crippen LogP contribution in [-0.2, 0) is 9.59 Å². The lowest BCUT2D eigenvalue weighted by Crippen LogP contribution is -2.27. The van der Waals surface area contributed by atoms with Crippen LogP contribution in [0, 0.1) is 12.8 Å². The lowest BCUT2D eigenvalue weighted by molar-refractivity contribution is -0.139. The number of hydrogen-bond donors (Lipinski definition) is 0. The number of nitrogens with zero attached hydrogens (tertiary/aromatic N) is 1. The van der Waals surface area contributed by atoms with Crippen molar-refractivity contribution in [3.8, 4) is 5.75 Å². The topological polar surface area (TPSA) is 46.6 Å². The average molecular weight is 372 g/mol. The first-order valence-corrected chi connectivity index (χ1v) is 9.11. The maximum absolute atomic E-state index is 12.7. The van der Waals surface area contributed by atoms with Crippen molar-refractivity contribution in [2.45, 2.75) is 33.1 Å². The number of esters is 1. The van der Waals surface area contributed by atoms with E-state index in [1.54, 1.807) is 17.0 Å². The highest BCUT2D eigenvalue weighted by molar-refractivity contribution is 6.33. The van der Waals surface area contributed by atoms with Crippen molar-refractivity contribution in [1.82, 2.24) is 0 Å². The third-order valence-corrected chi connectivity index (χ3v) is 4.92. The Balaban J connectivity index is 1.77. The fourth-order valence-corrected chi connectivity index (χ4v) is 3.41. The van der Waals surface area contributed by atoms with Crippen molar-refractivity contribution in [2.75, 3.05) is 11.4 Å². The number of hydrogen-bond acceptors (Lipinski definition) is 3.